The van der Waals surface area contributed by atoms with Crippen LogP contribution in [0.1, 0.15) is 19.0 Å². The number of ether oxygens (including phenoxy) is 2. The van der Waals surface area contributed by atoms with Gasteiger partial charge in [0.1, 0.15) is 0 Å². The summed E-state index contributed by atoms with van der Waals surface area (Å²) in [6.45, 7) is 7.91. The number of aromatic nitrogens is 1. The topological polar surface area (TPSA) is 59.0 Å². The number of pyridine rings is 1. The molecular formula is C18H31IN4O2. The van der Waals surface area contributed by atoms with Gasteiger partial charge < -0.3 is 19.7 Å². The third-order valence-corrected chi connectivity index (χ3v) is 4.06. The van der Waals surface area contributed by atoms with E-state index in [9.17, 15) is 0 Å². The molecule has 0 aromatic carbocycles. The lowest BCUT2D eigenvalue weighted by Crippen LogP contribution is -2.40. The van der Waals surface area contributed by atoms with Crippen LogP contribution in [0.5, 0.6) is 0 Å². The summed E-state index contributed by atoms with van der Waals surface area (Å²) in [5, 5.41) is 3.40. The normalized spacial score (nSPS) is 17.4. The van der Waals surface area contributed by atoms with Crippen LogP contribution in [0.3, 0.4) is 0 Å². The van der Waals surface area contributed by atoms with E-state index < -0.39 is 0 Å². The molecule has 1 aromatic heterocycles. The predicted molar refractivity (Wildman–Crippen MR) is 112 cm³/mol. The van der Waals surface area contributed by atoms with Gasteiger partial charge in [0.25, 0.3) is 0 Å². The smallest absolute Gasteiger partial charge is 0.193 e. The molecule has 7 heteroatoms. The summed E-state index contributed by atoms with van der Waals surface area (Å²) in [5.41, 5.74) is 1.09. The zero-order valence-corrected chi connectivity index (χ0v) is 17.6. The van der Waals surface area contributed by atoms with Crippen molar-refractivity contribution in [2.45, 2.75) is 19.8 Å². The molecule has 1 aliphatic heterocycles. The summed E-state index contributed by atoms with van der Waals surface area (Å²) < 4.78 is 10.7. The highest BCUT2D eigenvalue weighted by atomic mass is 127. The van der Waals surface area contributed by atoms with Crippen molar-refractivity contribution in [1.82, 2.24) is 15.2 Å². The van der Waals surface area contributed by atoms with Crippen LogP contribution in [0.25, 0.3) is 0 Å². The molecule has 1 N–H and O–H groups in total. The Balaban J connectivity index is 0.00000312. The number of likely N-dealkylation sites (tertiary alicyclic amines) is 1. The molecule has 2 heterocycles. The Kier molecular flexibility index (Phi) is 11.8. The predicted octanol–water partition coefficient (Wildman–Crippen LogP) is 2.19. The van der Waals surface area contributed by atoms with E-state index in [1.165, 1.54) is 0 Å². The van der Waals surface area contributed by atoms with Crippen molar-refractivity contribution in [3.63, 3.8) is 0 Å². The molecule has 142 valence electrons. The minimum absolute atomic E-state index is 0. The summed E-state index contributed by atoms with van der Waals surface area (Å²) in [4.78, 5) is 11.5. The van der Waals surface area contributed by atoms with Gasteiger partial charge >= 0.3 is 0 Å². The second-order valence-corrected chi connectivity index (χ2v) is 5.98. The summed E-state index contributed by atoms with van der Waals surface area (Å²) in [6.07, 6.45) is 3.85. The molecule has 1 saturated heterocycles. The number of hydrogen-bond acceptors (Lipinski definition) is 4. The van der Waals surface area contributed by atoms with Gasteiger partial charge in [0, 0.05) is 57.5 Å². The zero-order valence-electron chi connectivity index (χ0n) is 15.3. The Hall–Kier alpha value is -0.930. The fourth-order valence-electron chi connectivity index (χ4n) is 2.80. The van der Waals surface area contributed by atoms with Crippen LogP contribution in [-0.2, 0) is 15.9 Å². The SMILES string of the molecule is CCNC(=NCCc1ccccn1)N1CCC(COCCOC)C1.I. The Morgan fingerprint density at radius 1 is 1.40 bits per heavy atom. The Morgan fingerprint density at radius 3 is 3.00 bits per heavy atom. The summed E-state index contributed by atoms with van der Waals surface area (Å²) in [5.74, 6) is 1.58. The number of methoxy groups -OCH3 is 1. The minimum Gasteiger partial charge on any atom is -0.382 e. The highest BCUT2D eigenvalue weighted by molar-refractivity contribution is 14.0. The molecule has 1 fully saturated rings. The van der Waals surface area contributed by atoms with E-state index in [2.05, 4.69) is 22.1 Å². The molecular weight excluding hydrogens is 431 g/mol. The quantitative estimate of drug-likeness (QED) is 0.264. The monoisotopic (exact) mass is 462 g/mol. The number of rotatable bonds is 9. The van der Waals surface area contributed by atoms with E-state index in [1.54, 1.807) is 7.11 Å². The first-order valence-corrected chi connectivity index (χ1v) is 8.83. The Labute approximate surface area is 168 Å². The maximum atomic E-state index is 5.66. The van der Waals surface area contributed by atoms with Crippen molar-refractivity contribution >= 4 is 29.9 Å². The van der Waals surface area contributed by atoms with Gasteiger partial charge in [-0.05, 0) is 25.5 Å². The van der Waals surface area contributed by atoms with Crippen molar-refractivity contribution < 1.29 is 9.47 Å². The molecule has 1 unspecified atom stereocenters. The van der Waals surface area contributed by atoms with Crippen LogP contribution in [0.2, 0.25) is 0 Å². The van der Waals surface area contributed by atoms with Gasteiger partial charge in [-0.15, -0.1) is 24.0 Å². The number of aliphatic imine (C=N–C) groups is 1. The van der Waals surface area contributed by atoms with Crippen molar-refractivity contribution in [3.8, 4) is 0 Å². The first kappa shape index (κ1) is 22.1. The minimum atomic E-state index is 0. The van der Waals surface area contributed by atoms with Gasteiger partial charge in [-0.25, -0.2) is 0 Å². The van der Waals surface area contributed by atoms with E-state index in [1.807, 2.05) is 24.4 Å². The standard InChI is InChI=1S/C18H30N4O2.HI/c1-3-19-18(21-10-7-17-6-4-5-9-20-17)22-11-8-16(14-22)15-24-13-12-23-2;/h4-6,9,16H,3,7-8,10-15H2,1-2H3,(H,19,21);1H. The number of guanidine groups is 1. The van der Waals surface area contributed by atoms with Crippen LogP contribution < -0.4 is 5.32 Å². The average Bonchev–Trinajstić information content (AvgIpc) is 3.08. The first-order valence-electron chi connectivity index (χ1n) is 8.83. The highest BCUT2D eigenvalue weighted by Crippen LogP contribution is 2.16. The highest BCUT2D eigenvalue weighted by Gasteiger charge is 2.24. The molecule has 0 aliphatic carbocycles. The second kappa shape index (κ2) is 13.3. The molecule has 0 spiro atoms. The molecule has 1 aliphatic rings. The van der Waals surface area contributed by atoms with Gasteiger partial charge in [-0.3, -0.25) is 9.98 Å². The lowest BCUT2D eigenvalue weighted by atomic mass is 10.1. The number of halogens is 1. The number of nitrogens with zero attached hydrogens (tertiary/aromatic N) is 3. The lowest BCUT2D eigenvalue weighted by Gasteiger charge is -2.21. The fraction of sp³-hybridized carbons (Fsp3) is 0.667. The Bertz CT molecular complexity index is 487. The fourth-order valence-corrected chi connectivity index (χ4v) is 2.80. The molecule has 25 heavy (non-hydrogen) atoms. The summed E-state index contributed by atoms with van der Waals surface area (Å²) >= 11 is 0. The number of nitrogens with one attached hydrogen (secondary N) is 1. The molecule has 1 atom stereocenters. The van der Waals surface area contributed by atoms with Crippen molar-refractivity contribution in [2.24, 2.45) is 10.9 Å². The maximum absolute atomic E-state index is 5.66. The Morgan fingerprint density at radius 2 is 2.28 bits per heavy atom. The van der Waals surface area contributed by atoms with Gasteiger partial charge in [0.15, 0.2) is 5.96 Å². The van der Waals surface area contributed by atoms with E-state index in [4.69, 9.17) is 14.5 Å². The van der Waals surface area contributed by atoms with Crippen LogP contribution in [0, 0.1) is 5.92 Å². The number of hydrogen-bond donors (Lipinski definition) is 1. The van der Waals surface area contributed by atoms with Crippen molar-refractivity contribution in [3.05, 3.63) is 30.1 Å². The van der Waals surface area contributed by atoms with Gasteiger partial charge in [-0.2, -0.15) is 0 Å². The van der Waals surface area contributed by atoms with E-state index in [0.717, 1.165) is 57.3 Å². The van der Waals surface area contributed by atoms with Gasteiger partial charge in [-0.1, -0.05) is 6.07 Å². The van der Waals surface area contributed by atoms with Crippen molar-refractivity contribution in [2.75, 3.05) is 53.1 Å². The third-order valence-electron chi connectivity index (χ3n) is 4.06. The molecule has 1 aromatic rings. The summed E-state index contributed by atoms with van der Waals surface area (Å²) in [6, 6.07) is 6.01. The summed E-state index contributed by atoms with van der Waals surface area (Å²) in [7, 11) is 1.70. The van der Waals surface area contributed by atoms with Crippen LogP contribution >= 0.6 is 24.0 Å². The van der Waals surface area contributed by atoms with Crippen LogP contribution in [-0.4, -0.2) is 69.0 Å². The lowest BCUT2D eigenvalue weighted by molar-refractivity contribution is 0.0536. The zero-order chi connectivity index (χ0) is 17.0. The van der Waals surface area contributed by atoms with E-state index >= 15 is 0 Å². The third kappa shape index (κ3) is 8.33. The molecule has 0 saturated carbocycles. The first-order chi connectivity index (χ1) is 11.8. The second-order valence-electron chi connectivity index (χ2n) is 5.98. The van der Waals surface area contributed by atoms with Crippen molar-refractivity contribution in [1.29, 1.82) is 0 Å². The van der Waals surface area contributed by atoms with Crippen LogP contribution in [0.15, 0.2) is 29.4 Å². The van der Waals surface area contributed by atoms with Crippen LogP contribution in [0.4, 0.5) is 0 Å². The molecule has 2 rings (SSSR count). The molecule has 0 amide bonds. The maximum Gasteiger partial charge on any atom is 0.193 e. The largest absolute Gasteiger partial charge is 0.382 e. The average molecular weight is 462 g/mol. The molecule has 0 bridgehead atoms. The van der Waals surface area contributed by atoms with Gasteiger partial charge in [0.05, 0.1) is 19.8 Å². The molecule has 0 radical (unpaired) electrons. The van der Waals surface area contributed by atoms with E-state index in [-0.39, 0.29) is 24.0 Å². The molecule has 6 nitrogen and oxygen atoms in total. The van der Waals surface area contributed by atoms with E-state index in [0.29, 0.717) is 19.1 Å². The van der Waals surface area contributed by atoms with Gasteiger partial charge in [0.2, 0.25) is 0 Å².